The van der Waals surface area contributed by atoms with Gasteiger partial charge in [-0.25, -0.2) is 0 Å². The average Bonchev–Trinajstić information content (AvgIpc) is 2.93. The fraction of sp³-hybridized carbons (Fsp3) is 0.533. The second-order valence-corrected chi connectivity index (χ2v) is 5.25. The molecule has 3 rings (SSSR count). The van der Waals surface area contributed by atoms with Crippen LogP contribution in [0.2, 0.25) is 0 Å². The Morgan fingerprint density at radius 1 is 1.42 bits per heavy atom. The lowest BCUT2D eigenvalue weighted by atomic mass is 10.1. The summed E-state index contributed by atoms with van der Waals surface area (Å²) in [5, 5.41) is 6.27. The van der Waals surface area contributed by atoms with Crippen LogP contribution in [-0.2, 0) is 11.2 Å². The van der Waals surface area contributed by atoms with Gasteiger partial charge >= 0.3 is 0 Å². The smallest absolute Gasteiger partial charge is 0.251 e. The molecule has 102 valence electrons. The van der Waals surface area contributed by atoms with E-state index in [0.717, 1.165) is 43.7 Å². The second kappa shape index (κ2) is 5.61. The van der Waals surface area contributed by atoms with Crippen LogP contribution in [0.15, 0.2) is 18.2 Å². The number of hydrogen-bond acceptors (Lipinski definition) is 3. The predicted molar refractivity (Wildman–Crippen MR) is 74.6 cm³/mol. The lowest BCUT2D eigenvalue weighted by Gasteiger charge is -2.22. The van der Waals surface area contributed by atoms with E-state index in [9.17, 15) is 4.79 Å². The molecule has 1 fully saturated rings. The molecule has 0 unspecified atom stereocenters. The normalized spacial score (nSPS) is 21.6. The topological polar surface area (TPSA) is 50.4 Å². The van der Waals surface area contributed by atoms with Gasteiger partial charge in [-0.3, -0.25) is 4.79 Å². The van der Waals surface area contributed by atoms with Crippen molar-refractivity contribution >= 4 is 11.6 Å². The van der Waals surface area contributed by atoms with Crippen molar-refractivity contribution in [1.82, 2.24) is 5.32 Å². The molecule has 1 aromatic carbocycles. The van der Waals surface area contributed by atoms with Gasteiger partial charge in [-0.2, -0.15) is 0 Å². The van der Waals surface area contributed by atoms with E-state index < -0.39 is 0 Å². The Bertz CT molecular complexity index is 467. The van der Waals surface area contributed by atoms with Crippen molar-refractivity contribution in [3.8, 4) is 0 Å². The lowest BCUT2D eigenvalue weighted by molar-refractivity contribution is 0.0169. The van der Waals surface area contributed by atoms with Crippen molar-refractivity contribution in [3.63, 3.8) is 0 Å². The number of carbonyl (C=O) groups excluding carboxylic acids is 1. The number of carbonyl (C=O) groups is 1. The highest BCUT2D eigenvalue weighted by molar-refractivity contribution is 5.95. The largest absolute Gasteiger partial charge is 0.384 e. The van der Waals surface area contributed by atoms with E-state index in [2.05, 4.69) is 10.6 Å². The first-order valence-electron chi connectivity index (χ1n) is 7.09. The summed E-state index contributed by atoms with van der Waals surface area (Å²) < 4.78 is 5.61. The number of nitrogens with one attached hydrogen (secondary N) is 2. The number of benzene rings is 1. The molecule has 19 heavy (non-hydrogen) atoms. The van der Waals surface area contributed by atoms with Crippen LogP contribution < -0.4 is 10.6 Å². The number of ether oxygens (including phenoxy) is 1. The van der Waals surface area contributed by atoms with E-state index >= 15 is 0 Å². The third-order valence-corrected chi connectivity index (χ3v) is 3.84. The van der Waals surface area contributed by atoms with Gasteiger partial charge in [-0.1, -0.05) is 0 Å². The lowest BCUT2D eigenvalue weighted by Crippen LogP contribution is -2.35. The van der Waals surface area contributed by atoms with Crippen molar-refractivity contribution in [3.05, 3.63) is 29.3 Å². The van der Waals surface area contributed by atoms with E-state index in [1.807, 2.05) is 18.2 Å². The molecule has 0 aliphatic carbocycles. The molecule has 2 aliphatic rings. The highest BCUT2D eigenvalue weighted by Crippen LogP contribution is 2.23. The summed E-state index contributed by atoms with van der Waals surface area (Å²) in [4.78, 5) is 12.1. The zero-order chi connectivity index (χ0) is 13.1. The Kier molecular flexibility index (Phi) is 3.69. The van der Waals surface area contributed by atoms with Gasteiger partial charge in [0.15, 0.2) is 0 Å². The minimum Gasteiger partial charge on any atom is -0.384 e. The van der Waals surface area contributed by atoms with Crippen LogP contribution in [-0.4, -0.2) is 31.7 Å². The average molecular weight is 260 g/mol. The van der Waals surface area contributed by atoms with Crippen LogP contribution in [0.5, 0.6) is 0 Å². The molecule has 1 saturated heterocycles. The highest BCUT2D eigenvalue weighted by atomic mass is 16.5. The Balaban J connectivity index is 1.57. The van der Waals surface area contributed by atoms with Crippen LogP contribution in [0, 0.1) is 0 Å². The molecule has 1 atom stereocenters. The molecular formula is C15H20N2O2. The van der Waals surface area contributed by atoms with Gasteiger partial charge in [-0.15, -0.1) is 0 Å². The van der Waals surface area contributed by atoms with Gasteiger partial charge in [0.25, 0.3) is 5.91 Å². The van der Waals surface area contributed by atoms with Gasteiger partial charge in [0, 0.05) is 30.9 Å². The number of hydrogen-bond donors (Lipinski definition) is 2. The van der Waals surface area contributed by atoms with Crippen LogP contribution in [0.25, 0.3) is 0 Å². The molecular weight excluding hydrogens is 240 g/mol. The number of amides is 1. The summed E-state index contributed by atoms with van der Waals surface area (Å²) >= 11 is 0. The van der Waals surface area contributed by atoms with Gasteiger partial charge in [0.1, 0.15) is 0 Å². The molecule has 2 N–H and O–H groups in total. The Morgan fingerprint density at radius 2 is 2.37 bits per heavy atom. The molecule has 1 aromatic rings. The standard InChI is InChI=1S/C15H20N2O2/c18-15(17-10-13-3-1-2-8-19-13)12-4-5-14-11(9-12)6-7-16-14/h4-5,9,13,16H,1-3,6-8,10H2,(H,17,18)/t13-/m1/s1. The summed E-state index contributed by atoms with van der Waals surface area (Å²) in [5.41, 5.74) is 3.15. The first-order chi connectivity index (χ1) is 9.33. The maximum Gasteiger partial charge on any atom is 0.251 e. The molecule has 4 heteroatoms. The van der Waals surface area contributed by atoms with Gasteiger partial charge in [-0.05, 0) is 49.4 Å². The predicted octanol–water partition coefficient (Wildman–Crippen LogP) is 1.95. The Labute approximate surface area is 113 Å². The fourth-order valence-corrected chi connectivity index (χ4v) is 2.72. The first kappa shape index (κ1) is 12.5. The maximum absolute atomic E-state index is 12.1. The number of rotatable bonds is 3. The Hall–Kier alpha value is -1.55. The zero-order valence-electron chi connectivity index (χ0n) is 11.1. The summed E-state index contributed by atoms with van der Waals surface area (Å²) in [6.45, 7) is 2.41. The SMILES string of the molecule is O=C(NC[C@H]1CCCCO1)c1ccc2c(c1)CCN2. The van der Waals surface area contributed by atoms with Crippen LogP contribution in [0.1, 0.15) is 35.2 Å². The molecule has 4 nitrogen and oxygen atoms in total. The van der Waals surface area contributed by atoms with Crippen molar-refractivity contribution in [2.45, 2.75) is 31.8 Å². The summed E-state index contributed by atoms with van der Waals surface area (Å²) in [6, 6.07) is 5.87. The van der Waals surface area contributed by atoms with E-state index in [4.69, 9.17) is 4.74 Å². The van der Waals surface area contributed by atoms with Crippen LogP contribution in [0.3, 0.4) is 0 Å². The van der Waals surface area contributed by atoms with Crippen LogP contribution >= 0.6 is 0 Å². The summed E-state index contributed by atoms with van der Waals surface area (Å²) in [5.74, 6) is 0.00359. The highest BCUT2D eigenvalue weighted by Gasteiger charge is 2.17. The van der Waals surface area contributed by atoms with Crippen LogP contribution in [0.4, 0.5) is 5.69 Å². The molecule has 0 bridgehead atoms. The van der Waals surface area contributed by atoms with Crippen molar-refractivity contribution in [1.29, 1.82) is 0 Å². The van der Waals surface area contributed by atoms with E-state index in [1.54, 1.807) is 0 Å². The third-order valence-electron chi connectivity index (χ3n) is 3.84. The van der Waals surface area contributed by atoms with E-state index in [-0.39, 0.29) is 12.0 Å². The van der Waals surface area contributed by atoms with Gasteiger partial charge in [0.2, 0.25) is 0 Å². The van der Waals surface area contributed by atoms with Gasteiger partial charge in [0.05, 0.1) is 6.10 Å². The van der Waals surface area contributed by atoms with Gasteiger partial charge < -0.3 is 15.4 Å². The molecule has 0 radical (unpaired) electrons. The van der Waals surface area contributed by atoms with Crippen molar-refractivity contribution in [2.75, 3.05) is 25.0 Å². The number of fused-ring (bicyclic) bond motifs is 1. The number of anilines is 1. The maximum atomic E-state index is 12.1. The Morgan fingerprint density at radius 3 is 3.21 bits per heavy atom. The summed E-state index contributed by atoms with van der Waals surface area (Å²) in [6.07, 6.45) is 4.58. The molecule has 2 aliphatic heterocycles. The minimum absolute atomic E-state index is 0.00359. The first-order valence-corrected chi connectivity index (χ1v) is 7.09. The summed E-state index contributed by atoms with van der Waals surface area (Å²) in [7, 11) is 0. The van der Waals surface area contributed by atoms with E-state index in [1.165, 1.54) is 12.0 Å². The molecule has 1 amide bonds. The van der Waals surface area contributed by atoms with Crippen molar-refractivity contribution in [2.24, 2.45) is 0 Å². The third kappa shape index (κ3) is 2.89. The zero-order valence-corrected chi connectivity index (χ0v) is 11.1. The van der Waals surface area contributed by atoms with E-state index in [0.29, 0.717) is 6.54 Å². The van der Waals surface area contributed by atoms with Crippen molar-refractivity contribution < 1.29 is 9.53 Å². The monoisotopic (exact) mass is 260 g/mol. The second-order valence-electron chi connectivity index (χ2n) is 5.25. The molecule has 0 saturated carbocycles. The molecule has 2 heterocycles. The molecule has 0 spiro atoms. The quantitative estimate of drug-likeness (QED) is 0.873. The fourth-order valence-electron chi connectivity index (χ4n) is 2.72. The minimum atomic E-state index is 0.00359. The molecule has 0 aromatic heterocycles.